The second kappa shape index (κ2) is 6.34. The molecule has 0 bridgehead atoms. The molecule has 2 atom stereocenters. The Morgan fingerprint density at radius 3 is 2.65 bits per heavy atom. The summed E-state index contributed by atoms with van der Waals surface area (Å²) >= 11 is 0. The van der Waals surface area contributed by atoms with Crippen molar-refractivity contribution in [2.75, 3.05) is 20.3 Å². The van der Waals surface area contributed by atoms with E-state index in [2.05, 4.69) is 4.74 Å². The highest BCUT2D eigenvalue weighted by Crippen LogP contribution is 2.22. The molecule has 1 fully saturated rings. The lowest BCUT2D eigenvalue weighted by Gasteiger charge is -2.07. The van der Waals surface area contributed by atoms with Crippen molar-refractivity contribution in [2.24, 2.45) is 5.92 Å². The third-order valence-electron chi connectivity index (χ3n) is 2.55. The van der Waals surface area contributed by atoms with Crippen LogP contribution in [-0.2, 0) is 28.6 Å². The van der Waals surface area contributed by atoms with Crippen LogP contribution >= 0.6 is 0 Å². The predicted molar refractivity (Wildman–Crippen MR) is 56.1 cm³/mol. The predicted octanol–water partition coefficient (Wildman–Crippen LogP) is 0.0868. The Bertz CT molecular complexity index is 311. The lowest BCUT2D eigenvalue weighted by molar-refractivity contribution is -0.153. The molecule has 0 aromatic carbocycles. The molecule has 0 saturated carbocycles. The number of Topliss-reactive ketones (excluding diaryl/α,β-unsaturated/α-hetero) is 1. The van der Waals surface area contributed by atoms with E-state index in [1.54, 1.807) is 6.92 Å². The first-order valence-electron chi connectivity index (χ1n) is 5.46. The van der Waals surface area contributed by atoms with Gasteiger partial charge in [-0.3, -0.25) is 9.59 Å². The zero-order chi connectivity index (χ0) is 12.8. The smallest absolute Gasteiger partial charge is 0.335 e. The minimum absolute atomic E-state index is 0.152. The van der Waals surface area contributed by atoms with Crippen LogP contribution in [0.3, 0.4) is 0 Å². The van der Waals surface area contributed by atoms with E-state index in [1.807, 2.05) is 0 Å². The molecule has 6 heteroatoms. The van der Waals surface area contributed by atoms with Gasteiger partial charge in [0.1, 0.15) is 12.2 Å². The van der Waals surface area contributed by atoms with Crippen molar-refractivity contribution in [3.8, 4) is 0 Å². The Morgan fingerprint density at radius 1 is 1.35 bits per heavy atom. The number of hydrogen-bond acceptors (Lipinski definition) is 6. The quantitative estimate of drug-likeness (QED) is 0.503. The zero-order valence-corrected chi connectivity index (χ0v) is 9.93. The van der Waals surface area contributed by atoms with Crippen LogP contribution in [0.2, 0.25) is 0 Å². The van der Waals surface area contributed by atoms with Crippen molar-refractivity contribution in [1.82, 2.24) is 0 Å². The average molecular weight is 244 g/mol. The highest BCUT2D eigenvalue weighted by molar-refractivity contribution is 5.97. The van der Waals surface area contributed by atoms with Gasteiger partial charge in [-0.2, -0.15) is 0 Å². The van der Waals surface area contributed by atoms with Crippen LogP contribution in [0.15, 0.2) is 0 Å². The summed E-state index contributed by atoms with van der Waals surface area (Å²) in [5.74, 6) is -1.72. The number of esters is 2. The molecule has 1 heterocycles. The Morgan fingerprint density at radius 2 is 2.06 bits per heavy atom. The largest absolute Gasteiger partial charge is 0.469 e. The molecule has 1 saturated heterocycles. The molecule has 96 valence electrons. The summed E-state index contributed by atoms with van der Waals surface area (Å²) in [6, 6.07) is 0. The number of carbonyl (C=O) groups is 3. The summed E-state index contributed by atoms with van der Waals surface area (Å²) in [5, 5.41) is 0. The van der Waals surface area contributed by atoms with Crippen LogP contribution in [-0.4, -0.2) is 44.1 Å². The molecule has 1 aliphatic rings. The summed E-state index contributed by atoms with van der Waals surface area (Å²) in [6.07, 6.45) is -0.698. The minimum Gasteiger partial charge on any atom is -0.469 e. The van der Waals surface area contributed by atoms with Gasteiger partial charge >= 0.3 is 11.9 Å². The molecule has 6 nitrogen and oxygen atoms in total. The maximum atomic E-state index is 11.6. The molecule has 0 radical (unpaired) electrons. The number of ether oxygens (including phenoxy) is 3. The van der Waals surface area contributed by atoms with Gasteiger partial charge in [0.05, 0.1) is 20.3 Å². The summed E-state index contributed by atoms with van der Waals surface area (Å²) in [4.78, 5) is 33.9. The molecule has 17 heavy (non-hydrogen) atoms. The lowest BCUT2D eigenvalue weighted by Crippen LogP contribution is -2.23. The molecule has 1 rings (SSSR count). The van der Waals surface area contributed by atoms with Crippen LogP contribution in [0.1, 0.15) is 19.8 Å². The molecule has 0 unspecified atom stereocenters. The Kier molecular flexibility index (Phi) is 5.09. The fourth-order valence-corrected chi connectivity index (χ4v) is 1.61. The summed E-state index contributed by atoms with van der Waals surface area (Å²) in [7, 11) is 1.22. The van der Waals surface area contributed by atoms with Crippen molar-refractivity contribution in [1.29, 1.82) is 0 Å². The highest BCUT2D eigenvalue weighted by atomic mass is 16.6. The van der Waals surface area contributed by atoms with Gasteiger partial charge in [-0.15, -0.1) is 0 Å². The van der Waals surface area contributed by atoms with Crippen LogP contribution in [0.5, 0.6) is 0 Å². The van der Waals surface area contributed by atoms with Gasteiger partial charge in [0.15, 0.2) is 6.10 Å². The first-order valence-corrected chi connectivity index (χ1v) is 5.46. The first-order chi connectivity index (χ1) is 8.08. The van der Waals surface area contributed by atoms with Crippen molar-refractivity contribution >= 4 is 17.7 Å². The van der Waals surface area contributed by atoms with E-state index >= 15 is 0 Å². The Labute approximate surface area is 99.2 Å². The van der Waals surface area contributed by atoms with Gasteiger partial charge < -0.3 is 14.2 Å². The van der Waals surface area contributed by atoms with E-state index < -0.39 is 24.0 Å². The molecule has 0 N–H and O–H groups in total. The SMILES string of the molecule is CCOC(=O)[C@H]1C[C@@H](C(=O)CC(=O)OC)CO1. The van der Waals surface area contributed by atoms with E-state index in [0.717, 1.165) is 0 Å². The fourth-order valence-electron chi connectivity index (χ4n) is 1.61. The van der Waals surface area contributed by atoms with E-state index in [1.165, 1.54) is 7.11 Å². The molecule has 0 amide bonds. The summed E-state index contributed by atoms with van der Waals surface area (Å²) < 4.78 is 14.4. The van der Waals surface area contributed by atoms with Crippen LogP contribution in [0.4, 0.5) is 0 Å². The first kappa shape index (κ1) is 13.6. The standard InChI is InChI=1S/C11H16O6/c1-3-16-11(14)9-4-7(6-17-9)8(12)5-10(13)15-2/h7,9H,3-6H2,1-2H3/t7-,9-/m1/s1. The molecule has 0 aliphatic carbocycles. The zero-order valence-electron chi connectivity index (χ0n) is 9.93. The third kappa shape index (κ3) is 3.81. The average Bonchev–Trinajstić information content (AvgIpc) is 2.78. The maximum absolute atomic E-state index is 11.6. The normalized spacial score (nSPS) is 23.2. The molecule has 0 aromatic heterocycles. The van der Waals surface area contributed by atoms with Gasteiger partial charge in [-0.05, 0) is 13.3 Å². The number of rotatable bonds is 5. The van der Waals surface area contributed by atoms with E-state index in [0.29, 0.717) is 0 Å². The van der Waals surface area contributed by atoms with Gasteiger partial charge in [-0.25, -0.2) is 4.79 Å². The molecule has 0 spiro atoms. The number of methoxy groups -OCH3 is 1. The van der Waals surface area contributed by atoms with Gasteiger partial charge in [-0.1, -0.05) is 0 Å². The number of hydrogen-bond donors (Lipinski definition) is 0. The van der Waals surface area contributed by atoms with Crippen LogP contribution in [0, 0.1) is 5.92 Å². The van der Waals surface area contributed by atoms with Crippen molar-refractivity contribution in [3.05, 3.63) is 0 Å². The van der Waals surface area contributed by atoms with Crippen molar-refractivity contribution < 1.29 is 28.6 Å². The van der Waals surface area contributed by atoms with E-state index in [-0.39, 0.29) is 31.8 Å². The fraction of sp³-hybridized carbons (Fsp3) is 0.727. The van der Waals surface area contributed by atoms with Gasteiger partial charge in [0.25, 0.3) is 0 Å². The monoisotopic (exact) mass is 244 g/mol. The summed E-state index contributed by atoms with van der Waals surface area (Å²) in [6.45, 7) is 2.13. The molecule has 1 aliphatic heterocycles. The van der Waals surface area contributed by atoms with Crippen LogP contribution in [0.25, 0.3) is 0 Å². The van der Waals surface area contributed by atoms with Crippen LogP contribution < -0.4 is 0 Å². The maximum Gasteiger partial charge on any atom is 0.335 e. The van der Waals surface area contributed by atoms with Crippen molar-refractivity contribution in [2.45, 2.75) is 25.9 Å². The minimum atomic E-state index is -0.693. The van der Waals surface area contributed by atoms with Crippen molar-refractivity contribution in [3.63, 3.8) is 0 Å². The Balaban J connectivity index is 2.42. The highest BCUT2D eigenvalue weighted by Gasteiger charge is 2.36. The molecular weight excluding hydrogens is 228 g/mol. The van der Waals surface area contributed by atoms with Gasteiger partial charge in [0, 0.05) is 5.92 Å². The summed E-state index contributed by atoms with van der Waals surface area (Å²) in [5.41, 5.74) is 0. The third-order valence-corrected chi connectivity index (χ3v) is 2.55. The lowest BCUT2D eigenvalue weighted by atomic mass is 9.98. The van der Waals surface area contributed by atoms with Gasteiger partial charge in [0.2, 0.25) is 0 Å². The molecular formula is C11H16O6. The molecule has 0 aromatic rings. The second-order valence-corrected chi connectivity index (χ2v) is 3.73. The van der Waals surface area contributed by atoms with E-state index in [9.17, 15) is 14.4 Å². The number of carbonyl (C=O) groups excluding carboxylic acids is 3. The number of ketones is 1. The van der Waals surface area contributed by atoms with E-state index in [4.69, 9.17) is 9.47 Å². The topological polar surface area (TPSA) is 78.9 Å². The Hall–Kier alpha value is -1.43. The second-order valence-electron chi connectivity index (χ2n) is 3.73.